The van der Waals surface area contributed by atoms with Crippen molar-refractivity contribution < 1.29 is 28.2 Å². The van der Waals surface area contributed by atoms with Crippen LogP contribution in [-0.2, 0) is 4.79 Å². The predicted molar refractivity (Wildman–Crippen MR) is 141 cm³/mol. The van der Waals surface area contributed by atoms with Crippen LogP contribution in [0.1, 0.15) is 55.2 Å². The number of benzene rings is 1. The zero-order valence-electron chi connectivity index (χ0n) is 22.2. The fourth-order valence-corrected chi connectivity index (χ4v) is 4.32. The Bertz CT molecular complexity index is 1310. The second kappa shape index (κ2) is 11.6. The summed E-state index contributed by atoms with van der Waals surface area (Å²) in [5, 5.41) is 5.27. The van der Waals surface area contributed by atoms with Crippen LogP contribution in [0.3, 0.4) is 0 Å². The van der Waals surface area contributed by atoms with Gasteiger partial charge in [-0.3, -0.25) is 14.9 Å². The number of hydrogen-bond donors (Lipinski definition) is 2. The van der Waals surface area contributed by atoms with Crippen molar-refractivity contribution in [1.29, 1.82) is 0 Å². The first kappa shape index (κ1) is 26.3. The van der Waals surface area contributed by atoms with E-state index in [9.17, 15) is 9.59 Å². The fraction of sp³-hybridized carbons (Fsp3) is 0.444. The van der Waals surface area contributed by atoms with E-state index in [0.717, 1.165) is 24.3 Å². The molecule has 0 bridgehead atoms. The molecule has 1 aliphatic heterocycles. The third kappa shape index (κ3) is 6.57. The lowest BCUT2D eigenvalue weighted by Gasteiger charge is -2.21. The number of anilines is 2. The molecule has 2 N–H and O–H groups in total. The summed E-state index contributed by atoms with van der Waals surface area (Å²) in [5.41, 5.74) is 0.983. The maximum atomic E-state index is 12.5. The van der Waals surface area contributed by atoms with Gasteiger partial charge < -0.3 is 28.8 Å². The summed E-state index contributed by atoms with van der Waals surface area (Å²) in [7, 11) is 1.61. The van der Waals surface area contributed by atoms with Gasteiger partial charge in [-0.15, -0.1) is 0 Å². The molecule has 3 aromatic rings. The van der Waals surface area contributed by atoms with Crippen LogP contribution >= 0.6 is 0 Å². The minimum atomic E-state index is -0.407. The lowest BCUT2D eigenvalue weighted by atomic mass is 10.1. The summed E-state index contributed by atoms with van der Waals surface area (Å²) < 4.78 is 22.8. The van der Waals surface area contributed by atoms with Gasteiger partial charge in [0.2, 0.25) is 11.7 Å². The summed E-state index contributed by atoms with van der Waals surface area (Å²) >= 11 is 0. The van der Waals surface area contributed by atoms with Crippen LogP contribution in [0.15, 0.2) is 41.3 Å². The molecule has 0 unspecified atom stereocenters. The number of amides is 2. The monoisotopic (exact) mass is 536 g/mol. The van der Waals surface area contributed by atoms with Gasteiger partial charge in [-0.25, -0.2) is 4.98 Å². The molecular formula is C27H32N6O6. The molecule has 2 aliphatic rings. The van der Waals surface area contributed by atoms with Crippen LogP contribution < -0.4 is 29.7 Å². The standard InChI is InChI=1S/C27H32N6O6/c1-16(30-25(35)22-14-38-27(32-22)31-17(2)34)19-6-8-20(9-7-19)39-21-10-11-33(12-21)24-23(36-3)26(29-15-28-24)37-13-18-4-5-18/h6-9,14-16,18,21H,4-5,10-13H2,1-3H3,(H,30,35)(H,31,32,34)/t16-,21+/m0/s1. The zero-order chi connectivity index (χ0) is 27.4. The number of rotatable bonds is 11. The molecular weight excluding hydrogens is 504 g/mol. The quantitative estimate of drug-likeness (QED) is 0.375. The highest BCUT2D eigenvalue weighted by Gasteiger charge is 2.30. The van der Waals surface area contributed by atoms with Gasteiger partial charge in [0, 0.05) is 19.9 Å². The Morgan fingerprint density at radius 1 is 1.18 bits per heavy atom. The van der Waals surface area contributed by atoms with E-state index in [2.05, 4.69) is 30.5 Å². The number of aromatic nitrogens is 3. The Kier molecular flexibility index (Phi) is 7.80. The molecule has 2 fully saturated rings. The number of carbonyl (C=O) groups is 2. The lowest BCUT2D eigenvalue weighted by Crippen LogP contribution is -2.27. The number of carbonyl (C=O) groups excluding carboxylic acids is 2. The SMILES string of the molecule is COc1c(OCC2CC2)ncnc1N1CC[C@@H](Oc2ccc([C@H](C)NC(=O)c3coc(NC(C)=O)n3)cc2)C1. The maximum Gasteiger partial charge on any atom is 0.302 e. The number of methoxy groups -OCH3 is 1. The molecule has 0 radical (unpaired) electrons. The Morgan fingerprint density at radius 3 is 2.69 bits per heavy atom. The van der Waals surface area contributed by atoms with Gasteiger partial charge in [0.05, 0.1) is 26.3 Å². The highest BCUT2D eigenvalue weighted by molar-refractivity contribution is 5.93. The highest BCUT2D eigenvalue weighted by Crippen LogP contribution is 2.37. The average Bonchev–Trinajstić information content (AvgIpc) is 3.44. The average molecular weight is 537 g/mol. The topological polar surface area (TPSA) is 141 Å². The molecule has 2 aromatic heterocycles. The summed E-state index contributed by atoms with van der Waals surface area (Å²) in [5.74, 6) is 2.35. The molecule has 1 saturated carbocycles. The van der Waals surface area contributed by atoms with E-state index in [1.165, 1.54) is 32.4 Å². The van der Waals surface area contributed by atoms with Crippen molar-refractivity contribution in [1.82, 2.24) is 20.3 Å². The van der Waals surface area contributed by atoms with Crippen LogP contribution in [0.25, 0.3) is 0 Å². The summed E-state index contributed by atoms with van der Waals surface area (Å²) in [6.07, 6.45) is 5.92. The molecule has 1 saturated heterocycles. The molecule has 3 heterocycles. The second-order valence-electron chi connectivity index (χ2n) is 9.75. The largest absolute Gasteiger partial charge is 0.489 e. The Balaban J connectivity index is 1.15. The van der Waals surface area contributed by atoms with Crippen molar-refractivity contribution in [2.75, 3.05) is 37.0 Å². The van der Waals surface area contributed by atoms with Crippen LogP contribution in [0, 0.1) is 5.92 Å². The summed E-state index contributed by atoms with van der Waals surface area (Å²) in [6.45, 7) is 5.28. The lowest BCUT2D eigenvalue weighted by molar-refractivity contribution is -0.114. The highest BCUT2D eigenvalue weighted by atomic mass is 16.5. The first-order valence-electron chi connectivity index (χ1n) is 13.0. The van der Waals surface area contributed by atoms with Crippen LogP contribution in [0.4, 0.5) is 11.8 Å². The van der Waals surface area contributed by atoms with Crippen molar-refractivity contribution in [3.8, 4) is 17.4 Å². The fourth-order valence-electron chi connectivity index (χ4n) is 4.32. The number of oxazole rings is 1. The van der Waals surface area contributed by atoms with E-state index in [4.69, 9.17) is 18.6 Å². The van der Waals surface area contributed by atoms with Gasteiger partial charge in [0.25, 0.3) is 11.8 Å². The second-order valence-corrected chi connectivity index (χ2v) is 9.75. The molecule has 1 aromatic carbocycles. The Morgan fingerprint density at radius 2 is 1.97 bits per heavy atom. The Hall–Kier alpha value is -4.35. The number of ether oxygens (including phenoxy) is 3. The number of nitrogens with zero attached hydrogens (tertiary/aromatic N) is 4. The molecule has 1 aliphatic carbocycles. The van der Waals surface area contributed by atoms with Crippen molar-refractivity contribution in [2.24, 2.45) is 5.92 Å². The molecule has 12 nitrogen and oxygen atoms in total. The molecule has 5 rings (SSSR count). The van der Waals surface area contributed by atoms with E-state index in [-0.39, 0.29) is 29.8 Å². The molecule has 206 valence electrons. The predicted octanol–water partition coefficient (Wildman–Crippen LogP) is 3.37. The maximum absolute atomic E-state index is 12.5. The number of nitrogens with one attached hydrogen (secondary N) is 2. The van der Waals surface area contributed by atoms with E-state index < -0.39 is 5.91 Å². The third-order valence-electron chi connectivity index (χ3n) is 6.60. The van der Waals surface area contributed by atoms with Gasteiger partial charge in [0.15, 0.2) is 11.5 Å². The van der Waals surface area contributed by atoms with Crippen molar-refractivity contribution in [3.63, 3.8) is 0 Å². The Labute approximate surface area is 226 Å². The van der Waals surface area contributed by atoms with Crippen molar-refractivity contribution in [2.45, 2.75) is 45.3 Å². The van der Waals surface area contributed by atoms with Crippen LogP contribution in [0.2, 0.25) is 0 Å². The van der Waals surface area contributed by atoms with Crippen molar-refractivity contribution >= 4 is 23.6 Å². The minimum Gasteiger partial charge on any atom is -0.489 e. The number of hydrogen-bond acceptors (Lipinski definition) is 10. The van der Waals surface area contributed by atoms with Crippen LogP contribution in [0.5, 0.6) is 17.4 Å². The van der Waals surface area contributed by atoms with Gasteiger partial charge >= 0.3 is 6.01 Å². The molecule has 2 amide bonds. The zero-order valence-corrected chi connectivity index (χ0v) is 22.2. The normalized spacial score (nSPS) is 17.4. The van der Waals surface area contributed by atoms with E-state index in [0.29, 0.717) is 36.5 Å². The summed E-state index contributed by atoms with van der Waals surface area (Å²) in [4.78, 5) is 38.5. The summed E-state index contributed by atoms with van der Waals surface area (Å²) in [6, 6.07) is 7.30. The molecule has 0 spiro atoms. The smallest absolute Gasteiger partial charge is 0.302 e. The molecule has 39 heavy (non-hydrogen) atoms. The minimum absolute atomic E-state index is 0.0200. The van der Waals surface area contributed by atoms with Gasteiger partial charge in [-0.1, -0.05) is 12.1 Å². The third-order valence-corrected chi connectivity index (χ3v) is 6.60. The van der Waals surface area contributed by atoms with Crippen molar-refractivity contribution in [3.05, 3.63) is 48.1 Å². The first-order chi connectivity index (χ1) is 18.9. The molecule has 2 atom stereocenters. The van der Waals surface area contributed by atoms with Gasteiger partial charge in [-0.05, 0) is 43.4 Å². The first-order valence-corrected chi connectivity index (χ1v) is 13.0. The van der Waals surface area contributed by atoms with E-state index in [1.54, 1.807) is 7.11 Å². The van der Waals surface area contributed by atoms with Gasteiger partial charge in [-0.2, -0.15) is 9.97 Å². The van der Waals surface area contributed by atoms with Crippen LogP contribution in [-0.4, -0.2) is 59.7 Å². The van der Waals surface area contributed by atoms with E-state index in [1.807, 2.05) is 31.2 Å². The van der Waals surface area contributed by atoms with Gasteiger partial charge in [0.1, 0.15) is 24.4 Å². The van der Waals surface area contributed by atoms with E-state index >= 15 is 0 Å². The molecule has 12 heteroatoms.